The number of nitrogen functional groups attached to an aromatic ring is 1. The van der Waals surface area contributed by atoms with Gasteiger partial charge in [-0.25, -0.2) is 4.79 Å². The second-order valence-electron chi connectivity index (χ2n) is 5.06. The van der Waals surface area contributed by atoms with Crippen LogP contribution in [0.5, 0.6) is 0 Å². The maximum absolute atomic E-state index is 13.1. The summed E-state index contributed by atoms with van der Waals surface area (Å²) in [5.74, 6) is -0.000244. The third-order valence-electron chi connectivity index (χ3n) is 3.49. The molecule has 0 aromatic heterocycles. The Bertz CT molecular complexity index is 534. The normalized spacial score (nSPS) is 18.8. The van der Waals surface area contributed by atoms with E-state index in [-0.39, 0.29) is 23.8 Å². The van der Waals surface area contributed by atoms with Crippen LogP contribution in [0.3, 0.4) is 0 Å². The number of halogens is 3. The van der Waals surface area contributed by atoms with Gasteiger partial charge in [0.2, 0.25) is 0 Å². The first kappa shape index (κ1) is 15.3. The first-order valence-electron chi connectivity index (χ1n) is 6.46. The zero-order chi connectivity index (χ0) is 15.6. The molecule has 0 spiro atoms. The Morgan fingerprint density at radius 3 is 2.81 bits per heavy atom. The molecule has 21 heavy (non-hydrogen) atoms. The highest BCUT2D eigenvalue weighted by atomic mass is 19.4. The summed E-state index contributed by atoms with van der Waals surface area (Å²) in [6, 6.07) is 3.73. The Morgan fingerprint density at radius 1 is 1.48 bits per heavy atom. The zero-order valence-electron chi connectivity index (χ0n) is 11.2. The van der Waals surface area contributed by atoms with Gasteiger partial charge in [-0.05, 0) is 30.5 Å². The number of rotatable bonds is 3. The van der Waals surface area contributed by atoms with E-state index in [1.54, 1.807) is 4.90 Å². The molecule has 1 amide bonds. The summed E-state index contributed by atoms with van der Waals surface area (Å²) in [6.45, 7) is 1.08. The highest BCUT2D eigenvalue weighted by molar-refractivity contribution is 5.64. The Kier molecular flexibility index (Phi) is 4.15. The Labute approximate surface area is 119 Å². The monoisotopic (exact) mass is 303 g/mol. The van der Waals surface area contributed by atoms with Crippen molar-refractivity contribution >= 4 is 17.5 Å². The lowest BCUT2D eigenvalue weighted by Gasteiger charge is -2.23. The molecule has 1 aromatic carbocycles. The Balaban J connectivity index is 2.14. The second-order valence-corrected chi connectivity index (χ2v) is 5.06. The van der Waals surface area contributed by atoms with Crippen molar-refractivity contribution in [2.45, 2.75) is 12.6 Å². The van der Waals surface area contributed by atoms with Gasteiger partial charge in [-0.3, -0.25) is 0 Å². The van der Waals surface area contributed by atoms with Crippen LogP contribution < -0.4 is 16.0 Å². The van der Waals surface area contributed by atoms with Crippen LogP contribution in [0, 0.1) is 5.92 Å². The number of amides is 1. The van der Waals surface area contributed by atoms with Crippen LogP contribution in [0.2, 0.25) is 0 Å². The molecular weight excluding hydrogens is 287 g/mol. The lowest BCUT2D eigenvalue weighted by atomic mass is 10.1. The van der Waals surface area contributed by atoms with E-state index in [0.29, 0.717) is 19.5 Å². The number of hydrogen-bond acceptors (Lipinski definition) is 3. The summed E-state index contributed by atoms with van der Waals surface area (Å²) in [5.41, 5.74) is 4.84. The molecule has 1 aliphatic heterocycles. The quantitative estimate of drug-likeness (QED) is 0.749. The van der Waals surface area contributed by atoms with Crippen LogP contribution in [-0.4, -0.2) is 30.8 Å². The van der Waals surface area contributed by atoms with Crippen molar-refractivity contribution in [3.05, 3.63) is 23.8 Å². The van der Waals surface area contributed by atoms with Gasteiger partial charge in [-0.15, -0.1) is 0 Å². The van der Waals surface area contributed by atoms with Crippen LogP contribution in [-0.2, 0) is 6.18 Å². The van der Waals surface area contributed by atoms with Gasteiger partial charge in [0.25, 0.3) is 0 Å². The fourth-order valence-corrected chi connectivity index (χ4v) is 2.51. The average Bonchev–Trinajstić information content (AvgIpc) is 2.84. The van der Waals surface area contributed by atoms with Crippen LogP contribution in [0.1, 0.15) is 12.0 Å². The number of hydrogen-bond donors (Lipinski definition) is 3. The highest BCUT2D eigenvalue weighted by Crippen LogP contribution is 2.39. The van der Waals surface area contributed by atoms with Gasteiger partial charge in [0, 0.05) is 31.0 Å². The molecule has 2 rings (SSSR count). The van der Waals surface area contributed by atoms with Crippen LogP contribution in [0.15, 0.2) is 18.2 Å². The molecule has 116 valence electrons. The van der Waals surface area contributed by atoms with Crippen LogP contribution >= 0.6 is 0 Å². The summed E-state index contributed by atoms with van der Waals surface area (Å²) < 4.78 is 39.2. The maximum atomic E-state index is 13.1. The largest absolute Gasteiger partial charge is 0.465 e. The lowest BCUT2D eigenvalue weighted by molar-refractivity contribution is -0.137. The van der Waals surface area contributed by atoms with Crippen molar-refractivity contribution in [1.29, 1.82) is 0 Å². The molecule has 1 heterocycles. The van der Waals surface area contributed by atoms with Crippen molar-refractivity contribution in [2.24, 2.45) is 5.92 Å². The predicted octanol–water partition coefficient (Wildman–Crippen LogP) is 2.38. The van der Waals surface area contributed by atoms with E-state index < -0.39 is 17.8 Å². The number of carbonyl (C=O) groups is 1. The minimum Gasteiger partial charge on any atom is -0.465 e. The highest BCUT2D eigenvalue weighted by Gasteiger charge is 2.36. The summed E-state index contributed by atoms with van der Waals surface area (Å²) in [6.07, 6.45) is -4.96. The Hall–Kier alpha value is -2.12. The molecule has 0 bridgehead atoms. The van der Waals surface area contributed by atoms with Gasteiger partial charge in [0.1, 0.15) is 0 Å². The van der Waals surface area contributed by atoms with Gasteiger partial charge in [0.15, 0.2) is 0 Å². The molecule has 1 unspecified atom stereocenters. The minimum atomic E-state index is -4.47. The predicted molar refractivity (Wildman–Crippen MR) is 72.2 cm³/mol. The molecule has 0 saturated carbocycles. The van der Waals surface area contributed by atoms with Crippen molar-refractivity contribution in [3.8, 4) is 0 Å². The molecule has 8 heteroatoms. The molecule has 1 fully saturated rings. The standard InChI is InChI=1S/C13H16F3N3O2/c14-13(15,16)10-5-9(17)1-2-11(10)19-4-3-8(7-19)6-18-12(20)21/h1-2,5,8,18H,3-4,6-7,17H2,(H,20,21). The van der Waals surface area contributed by atoms with Gasteiger partial charge in [-0.1, -0.05) is 0 Å². The van der Waals surface area contributed by atoms with E-state index in [9.17, 15) is 18.0 Å². The van der Waals surface area contributed by atoms with Gasteiger partial charge >= 0.3 is 12.3 Å². The minimum absolute atomic E-state index is 0.000244. The molecule has 0 radical (unpaired) electrons. The molecule has 0 aliphatic carbocycles. The summed E-state index contributed by atoms with van der Waals surface area (Å²) in [7, 11) is 0. The molecule has 1 atom stereocenters. The molecular formula is C13H16F3N3O2. The van der Waals surface area contributed by atoms with E-state index in [1.807, 2.05) is 0 Å². The number of nitrogens with one attached hydrogen (secondary N) is 1. The number of nitrogens with zero attached hydrogens (tertiary/aromatic N) is 1. The molecule has 1 saturated heterocycles. The van der Waals surface area contributed by atoms with Crippen molar-refractivity contribution in [2.75, 3.05) is 30.3 Å². The molecule has 5 nitrogen and oxygen atoms in total. The third kappa shape index (κ3) is 3.71. The topological polar surface area (TPSA) is 78.6 Å². The van der Waals surface area contributed by atoms with Crippen molar-refractivity contribution < 1.29 is 23.1 Å². The van der Waals surface area contributed by atoms with Crippen molar-refractivity contribution in [3.63, 3.8) is 0 Å². The summed E-state index contributed by atoms with van der Waals surface area (Å²) >= 11 is 0. The SMILES string of the molecule is Nc1ccc(N2CCC(CNC(=O)O)C2)c(C(F)(F)F)c1. The first-order valence-corrected chi connectivity index (χ1v) is 6.46. The summed E-state index contributed by atoms with van der Waals surface area (Å²) in [5, 5.41) is 10.8. The molecule has 1 aromatic rings. The van der Waals surface area contributed by atoms with Gasteiger partial charge in [0.05, 0.1) is 5.56 Å². The van der Waals surface area contributed by atoms with Gasteiger partial charge < -0.3 is 21.1 Å². The first-order chi connectivity index (χ1) is 9.77. The van der Waals surface area contributed by atoms with Crippen LogP contribution in [0.25, 0.3) is 0 Å². The maximum Gasteiger partial charge on any atom is 0.418 e. The average molecular weight is 303 g/mol. The van der Waals surface area contributed by atoms with Crippen LogP contribution in [0.4, 0.5) is 29.3 Å². The van der Waals surface area contributed by atoms with E-state index >= 15 is 0 Å². The molecule has 1 aliphatic rings. The number of carboxylic acid groups (broad SMARTS) is 1. The number of anilines is 2. The number of nitrogens with two attached hydrogens (primary N) is 1. The van der Waals surface area contributed by atoms with E-state index in [4.69, 9.17) is 10.8 Å². The smallest absolute Gasteiger partial charge is 0.418 e. The lowest BCUT2D eigenvalue weighted by Crippen LogP contribution is -2.30. The van der Waals surface area contributed by atoms with E-state index in [1.165, 1.54) is 12.1 Å². The van der Waals surface area contributed by atoms with Gasteiger partial charge in [-0.2, -0.15) is 13.2 Å². The Morgan fingerprint density at radius 2 is 2.19 bits per heavy atom. The summed E-state index contributed by atoms with van der Waals surface area (Å²) in [4.78, 5) is 12.1. The fraction of sp³-hybridized carbons (Fsp3) is 0.462. The molecule has 4 N–H and O–H groups in total. The van der Waals surface area contributed by atoms with Crippen molar-refractivity contribution in [1.82, 2.24) is 5.32 Å². The third-order valence-corrected chi connectivity index (χ3v) is 3.49. The number of alkyl halides is 3. The fourth-order valence-electron chi connectivity index (χ4n) is 2.51. The van der Waals surface area contributed by atoms with E-state index in [2.05, 4.69) is 5.32 Å². The van der Waals surface area contributed by atoms with E-state index in [0.717, 1.165) is 6.07 Å². The number of benzene rings is 1. The zero-order valence-corrected chi connectivity index (χ0v) is 11.2. The second kappa shape index (κ2) is 5.71.